The van der Waals surface area contributed by atoms with Crippen LogP contribution in [0.4, 0.5) is 0 Å². The van der Waals surface area contributed by atoms with Gasteiger partial charge in [-0.25, -0.2) is 8.42 Å². The predicted molar refractivity (Wildman–Crippen MR) is 103 cm³/mol. The zero-order chi connectivity index (χ0) is 18.0. The van der Waals surface area contributed by atoms with E-state index in [1.54, 1.807) is 16.4 Å². The summed E-state index contributed by atoms with van der Waals surface area (Å²) in [5.74, 6) is 0.333. The van der Waals surface area contributed by atoms with Crippen LogP contribution in [0.3, 0.4) is 0 Å². The van der Waals surface area contributed by atoms with Gasteiger partial charge in [-0.05, 0) is 59.7 Å². The topological polar surface area (TPSA) is 66.5 Å². The molecular formula is C17H25BrN2O3S2. The van der Waals surface area contributed by atoms with Gasteiger partial charge in [0.2, 0.25) is 5.91 Å². The molecule has 1 atom stereocenters. The van der Waals surface area contributed by atoms with E-state index in [9.17, 15) is 13.2 Å². The maximum atomic E-state index is 12.7. The second kappa shape index (κ2) is 8.06. The number of sulfonamides is 1. The molecule has 1 aromatic rings. The summed E-state index contributed by atoms with van der Waals surface area (Å²) in [5, 5.41) is 3.17. The van der Waals surface area contributed by atoms with Crippen molar-refractivity contribution in [3.05, 3.63) is 15.9 Å². The third-order valence-corrected chi connectivity index (χ3v) is 9.45. The first-order valence-corrected chi connectivity index (χ1v) is 12.0. The summed E-state index contributed by atoms with van der Waals surface area (Å²) in [6.07, 6.45) is 6.07. The van der Waals surface area contributed by atoms with Gasteiger partial charge in [0.15, 0.2) is 0 Å². The van der Waals surface area contributed by atoms with E-state index in [1.165, 1.54) is 24.2 Å². The van der Waals surface area contributed by atoms with Crippen molar-refractivity contribution in [2.75, 3.05) is 13.1 Å². The Balaban J connectivity index is 1.55. The minimum Gasteiger partial charge on any atom is -0.353 e. The van der Waals surface area contributed by atoms with E-state index < -0.39 is 10.0 Å². The highest BCUT2D eigenvalue weighted by molar-refractivity contribution is 9.11. The zero-order valence-corrected chi connectivity index (χ0v) is 17.6. The van der Waals surface area contributed by atoms with Crippen LogP contribution >= 0.6 is 27.3 Å². The zero-order valence-electron chi connectivity index (χ0n) is 14.4. The van der Waals surface area contributed by atoms with Crippen LogP contribution in [0.5, 0.6) is 0 Å². The molecule has 1 N–H and O–H groups in total. The molecule has 2 fully saturated rings. The van der Waals surface area contributed by atoms with Gasteiger partial charge in [-0.1, -0.05) is 19.8 Å². The highest BCUT2D eigenvalue weighted by Crippen LogP contribution is 2.32. The number of nitrogens with one attached hydrogen (secondary N) is 1. The lowest BCUT2D eigenvalue weighted by Crippen LogP contribution is -2.44. The number of hydrogen-bond donors (Lipinski definition) is 1. The molecule has 1 saturated heterocycles. The number of carbonyl (C=O) groups is 1. The third kappa shape index (κ3) is 4.46. The van der Waals surface area contributed by atoms with Crippen molar-refractivity contribution < 1.29 is 13.2 Å². The Hall–Kier alpha value is -0.440. The molecule has 1 unspecified atom stereocenters. The summed E-state index contributed by atoms with van der Waals surface area (Å²) >= 11 is 4.56. The van der Waals surface area contributed by atoms with Crippen molar-refractivity contribution in [1.29, 1.82) is 0 Å². The van der Waals surface area contributed by atoms with E-state index >= 15 is 0 Å². The number of halogens is 1. The Bertz CT molecular complexity index is 705. The van der Waals surface area contributed by atoms with Crippen LogP contribution in [0, 0.1) is 11.8 Å². The number of thiophene rings is 1. The monoisotopic (exact) mass is 448 g/mol. The molecule has 8 heteroatoms. The molecular weight excluding hydrogens is 424 g/mol. The van der Waals surface area contributed by atoms with Crippen molar-refractivity contribution in [2.24, 2.45) is 11.8 Å². The highest BCUT2D eigenvalue weighted by atomic mass is 79.9. The van der Waals surface area contributed by atoms with Crippen molar-refractivity contribution in [3.8, 4) is 0 Å². The minimum atomic E-state index is -3.41. The average Bonchev–Trinajstić information content (AvgIpc) is 3.26. The van der Waals surface area contributed by atoms with Crippen LogP contribution in [-0.4, -0.2) is 37.8 Å². The fourth-order valence-corrected chi connectivity index (χ4v) is 7.43. The molecule has 1 aliphatic heterocycles. The Morgan fingerprint density at radius 3 is 2.44 bits per heavy atom. The molecule has 0 radical (unpaired) electrons. The highest BCUT2D eigenvalue weighted by Gasteiger charge is 2.34. The second-order valence-corrected chi connectivity index (χ2v) is 11.7. The van der Waals surface area contributed by atoms with Gasteiger partial charge in [0, 0.05) is 25.0 Å². The van der Waals surface area contributed by atoms with Crippen molar-refractivity contribution in [3.63, 3.8) is 0 Å². The molecule has 1 saturated carbocycles. The van der Waals surface area contributed by atoms with Crippen LogP contribution in [0.15, 0.2) is 20.1 Å². The molecule has 0 bridgehead atoms. The van der Waals surface area contributed by atoms with Gasteiger partial charge in [0.25, 0.3) is 10.0 Å². The van der Waals surface area contributed by atoms with E-state index in [0.29, 0.717) is 23.3 Å². The summed E-state index contributed by atoms with van der Waals surface area (Å²) in [7, 11) is -3.41. The molecule has 2 heterocycles. The lowest BCUT2D eigenvalue weighted by atomic mass is 9.85. The maximum absolute atomic E-state index is 12.7. The summed E-state index contributed by atoms with van der Waals surface area (Å²) in [4.78, 5) is 12.5. The number of hydrogen-bond acceptors (Lipinski definition) is 4. The third-order valence-electron chi connectivity index (χ3n) is 5.46. The van der Waals surface area contributed by atoms with Gasteiger partial charge in [0.05, 0.1) is 3.79 Å². The van der Waals surface area contributed by atoms with Gasteiger partial charge >= 0.3 is 0 Å². The number of piperidine rings is 1. The molecule has 3 rings (SSSR count). The van der Waals surface area contributed by atoms with Crippen molar-refractivity contribution in [1.82, 2.24) is 9.62 Å². The molecule has 1 amide bonds. The number of nitrogens with zero attached hydrogens (tertiary/aromatic N) is 1. The van der Waals surface area contributed by atoms with Gasteiger partial charge in [-0.15, -0.1) is 11.3 Å². The molecule has 2 aliphatic rings. The Kier molecular flexibility index (Phi) is 6.23. The number of rotatable bonds is 5. The number of carbonyl (C=O) groups excluding carboxylic acids is 1. The van der Waals surface area contributed by atoms with Crippen LogP contribution in [0.25, 0.3) is 0 Å². The number of amides is 1. The van der Waals surface area contributed by atoms with Gasteiger partial charge < -0.3 is 5.32 Å². The first-order chi connectivity index (χ1) is 11.9. The first-order valence-electron chi connectivity index (χ1n) is 8.94. The molecule has 0 spiro atoms. The van der Waals surface area contributed by atoms with Crippen LogP contribution in [0.1, 0.15) is 45.4 Å². The Morgan fingerprint density at radius 2 is 1.88 bits per heavy atom. The van der Waals surface area contributed by atoms with Crippen molar-refractivity contribution >= 4 is 43.2 Å². The molecule has 5 nitrogen and oxygen atoms in total. The van der Waals surface area contributed by atoms with Gasteiger partial charge in [-0.2, -0.15) is 4.31 Å². The van der Waals surface area contributed by atoms with E-state index in [0.717, 1.165) is 29.5 Å². The van der Waals surface area contributed by atoms with Gasteiger partial charge in [-0.3, -0.25) is 4.79 Å². The Morgan fingerprint density at radius 1 is 1.24 bits per heavy atom. The molecule has 140 valence electrons. The van der Waals surface area contributed by atoms with E-state index in [4.69, 9.17) is 0 Å². The van der Waals surface area contributed by atoms with Crippen molar-refractivity contribution in [2.45, 2.75) is 55.7 Å². The Labute approximate surface area is 162 Å². The van der Waals surface area contributed by atoms with Crippen LogP contribution in [0.2, 0.25) is 0 Å². The lowest BCUT2D eigenvalue weighted by Gasteiger charge is -2.33. The predicted octanol–water partition coefficient (Wildman–Crippen LogP) is 3.61. The van der Waals surface area contributed by atoms with Crippen LogP contribution in [-0.2, 0) is 14.8 Å². The molecule has 1 aliphatic carbocycles. The smallest absolute Gasteiger partial charge is 0.252 e. The first kappa shape index (κ1) is 19.3. The summed E-state index contributed by atoms with van der Waals surface area (Å²) in [6, 6.07) is 3.75. The van der Waals surface area contributed by atoms with Crippen LogP contribution < -0.4 is 5.32 Å². The fraction of sp³-hybridized carbons (Fsp3) is 0.706. The fourth-order valence-electron chi connectivity index (χ4n) is 3.80. The standard InChI is InChI=1S/C17H25BrN2O3S2/c1-12(17(21)19-14-4-2-3-5-14)13-8-10-20(11-9-13)25(22,23)16-7-6-15(18)24-16/h6-7,12-14H,2-5,8-11H2,1H3,(H,19,21). The minimum absolute atomic E-state index is 0.0543. The SMILES string of the molecule is CC(C(=O)NC1CCCC1)C1CCN(S(=O)(=O)c2ccc(Br)s2)CC1. The van der Waals surface area contributed by atoms with E-state index in [1.807, 2.05) is 6.92 Å². The largest absolute Gasteiger partial charge is 0.353 e. The second-order valence-electron chi connectivity index (χ2n) is 7.08. The molecule has 0 aromatic carbocycles. The normalized spacial score (nSPS) is 22.2. The van der Waals surface area contributed by atoms with Gasteiger partial charge in [0.1, 0.15) is 4.21 Å². The quantitative estimate of drug-likeness (QED) is 0.747. The summed E-state index contributed by atoms with van der Waals surface area (Å²) < 4.78 is 28.1. The lowest BCUT2D eigenvalue weighted by molar-refractivity contribution is -0.127. The maximum Gasteiger partial charge on any atom is 0.252 e. The average molecular weight is 449 g/mol. The molecule has 1 aromatic heterocycles. The van der Waals surface area contributed by atoms with E-state index in [-0.39, 0.29) is 17.7 Å². The summed E-state index contributed by atoms with van der Waals surface area (Å²) in [6.45, 7) is 2.96. The molecule has 25 heavy (non-hydrogen) atoms. The summed E-state index contributed by atoms with van der Waals surface area (Å²) in [5.41, 5.74) is 0. The van der Waals surface area contributed by atoms with E-state index in [2.05, 4.69) is 21.2 Å².